The minimum absolute atomic E-state index is 0.0756. The SMILES string of the molecule is O=C(CNCC1CCCN1c1cccnn1)NCc1ccc(F)cc1. The van der Waals surface area contributed by atoms with Gasteiger partial charge in [0.15, 0.2) is 5.82 Å². The molecule has 1 atom stereocenters. The van der Waals surface area contributed by atoms with E-state index in [1.165, 1.54) is 12.1 Å². The molecule has 1 fully saturated rings. The van der Waals surface area contributed by atoms with E-state index in [-0.39, 0.29) is 18.3 Å². The van der Waals surface area contributed by atoms with E-state index in [1.807, 2.05) is 12.1 Å². The summed E-state index contributed by atoms with van der Waals surface area (Å²) in [6.45, 7) is 2.34. The number of nitrogens with one attached hydrogen (secondary N) is 2. The minimum Gasteiger partial charge on any atom is -0.351 e. The summed E-state index contributed by atoms with van der Waals surface area (Å²) in [7, 11) is 0. The molecule has 1 amide bonds. The summed E-state index contributed by atoms with van der Waals surface area (Å²) in [6, 6.07) is 10.3. The van der Waals surface area contributed by atoms with Gasteiger partial charge >= 0.3 is 0 Å². The van der Waals surface area contributed by atoms with Crippen molar-refractivity contribution in [1.82, 2.24) is 20.8 Å². The van der Waals surface area contributed by atoms with E-state index in [0.717, 1.165) is 37.3 Å². The van der Waals surface area contributed by atoms with Crippen LogP contribution in [0.1, 0.15) is 18.4 Å². The highest BCUT2D eigenvalue weighted by atomic mass is 19.1. The molecule has 0 saturated carbocycles. The van der Waals surface area contributed by atoms with Gasteiger partial charge in [0.05, 0.1) is 6.54 Å². The number of nitrogens with zero attached hydrogens (tertiary/aromatic N) is 3. The molecule has 2 aromatic rings. The number of carbonyl (C=O) groups excluding carboxylic acids is 1. The van der Waals surface area contributed by atoms with E-state index in [0.29, 0.717) is 12.6 Å². The summed E-state index contributed by atoms with van der Waals surface area (Å²) in [5.41, 5.74) is 0.874. The molecule has 2 N–H and O–H groups in total. The maximum Gasteiger partial charge on any atom is 0.234 e. The maximum atomic E-state index is 12.8. The third-order valence-electron chi connectivity index (χ3n) is 4.30. The van der Waals surface area contributed by atoms with Crippen LogP contribution in [-0.4, -0.2) is 41.8 Å². The second-order valence-corrected chi connectivity index (χ2v) is 6.11. The highest BCUT2D eigenvalue weighted by molar-refractivity contribution is 5.77. The van der Waals surface area contributed by atoms with Crippen LogP contribution in [0.3, 0.4) is 0 Å². The fourth-order valence-electron chi connectivity index (χ4n) is 3.01. The topological polar surface area (TPSA) is 70.2 Å². The van der Waals surface area contributed by atoms with Gasteiger partial charge in [0.25, 0.3) is 0 Å². The van der Waals surface area contributed by atoms with E-state index >= 15 is 0 Å². The molecule has 6 nitrogen and oxygen atoms in total. The van der Waals surface area contributed by atoms with Crippen molar-refractivity contribution in [3.8, 4) is 0 Å². The number of halogens is 1. The van der Waals surface area contributed by atoms with Gasteiger partial charge in [-0.05, 0) is 42.7 Å². The van der Waals surface area contributed by atoms with E-state index in [9.17, 15) is 9.18 Å². The fraction of sp³-hybridized carbons (Fsp3) is 0.389. The summed E-state index contributed by atoms with van der Waals surface area (Å²) in [6.07, 6.45) is 3.85. The van der Waals surface area contributed by atoms with Gasteiger partial charge in [-0.2, -0.15) is 5.10 Å². The molecule has 0 aliphatic carbocycles. The monoisotopic (exact) mass is 343 g/mol. The van der Waals surface area contributed by atoms with Crippen molar-refractivity contribution in [3.05, 3.63) is 54.0 Å². The van der Waals surface area contributed by atoms with Gasteiger partial charge in [-0.3, -0.25) is 4.79 Å². The Bertz CT molecular complexity index is 680. The second kappa shape index (κ2) is 8.53. The zero-order valence-electron chi connectivity index (χ0n) is 14.0. The van der Waals surface area contributed by atoms with Crippen molar-refractivity contribution >= 4 is 11.7 Å². The molecule has 3 rings (SSSR count). The zero-order valence-corrected chi connectivity index (χ0v) is 14.0. The maximum absolute atomic E-state index is 12.8. The van der Waals surface area contributed by atoms with Gasteiger partial charge in [0.1, 0.15) is 5.82 Å². The van der Waals surface area contributed by atoms with Crippen LogP contribution in [0.15, 0.2) is 42.6 Å². The smallest absolute Gasteiger partial charge is 0.234 e. The minimum atomic E-state index is -0.277. The van der Waals surface area contributed by atoms with Crippen LogP contribution in [0.5, 0.6) is 0 Å². The number of hydrogen-bond acceptors (Lipinski definition) is 5. The van der Waals surface area contributed by atoms with Crippen LogP contribution < -0.4 is 15.5 Å². The summed E-state index contributed by atoms with van der Waals surface area (Å²) in [5, 5.41) is 14.1. The molecule has 1 aliphatic heterocycles. The van der Waals surface area contributed by atoms with E-state index in [2.05, 4.69) is 25.7 Å². The Morgan fingerprint density at radius 1 is 1.28 bits per heavy atom. The molecule has 7 heteroatoms. The van der Waals surface area contributed by atoms with Gasteiger partial charge in [-0.1, -0.05) is 12.1 Å². The Labute approximate surface area is 146 Å². The molecule has 1 aliphatic rings. The molecule has 25 heavy (non-hydrogen) atoms. The molecule has 132 valence electrons. The van der Waals surface area contributed by atoms with Crippen molar-refractivity contribution in [1.29, 1.82) is 0 Å². The predicted octanol–water partition coefficient (Wildman–Crippen LogP) is 1.49. The van der Waals surface area contributed by atoms with Crippen LogP contribution in [-0.2, 0) is 11.3 Å². The first-order chi connectivity index (χ1) is 12.2. The van der Waals surface area contributed by atoms with Gasteiger partial charge in [-0.15, -0.1) is 5.10 Å². The van der Waals surface area contributed by atoms with Crippen LogP contribution in [0, 0.1) is 5.82 Å². The summed E-state index contributed by atoms with van der Waals surface area (Å²) in [5.74, 6) is 0.530. The molecular weight excluding hydrogens is 321 g/mol. The largest absolute Gasteiger partial charge is 0.351 e. The number of benzene rings is 1. The molecule has 2 heterocycles. The summed E-state index contributed by atoms with van der Waals surface area (Å²) in [4.78, 5) is 14.2. The molecule has 1 aromatic heterocycles. The van der Waals surface area contributed by atoms with Gasteiger partial charge in [-0.25, -0.2) is 4.39 Å². The normalized spacial score (nSPS) is 16.8. The van der Waals surface area contributed by atoms with Crippen LogP contribution in [0.25, 0.3) is 0 Å². The Morgan fingerprint density at radius 2 is 2.12 bits per heavy atom. The average Bonchev–Trinajstić information content (AvgIpc) is 3.10. The lowest BCUT2D eigenvalue weighted by molar-refractivity contribution is -0.120. The van der Waals surface area contributed by atoms with Gasteiger partial charge in [0, 0.05) is 31.9 Å². The Kier molecular flexibility index (Phi) is 5.90. The molecule has 1 saturated heterocycles. The number of anilines is 1. The number of rotatable bonds is 7. The quantitative estimate of drug-likeness (QED) is 0.797. The van der Waals surface area contributed by atoms with Crippen molar-refractivity contribution in [2.75, 3.05) is 24.5 Å². The standard InChI is InChI=1S/C18H22FN5O/c19-15-7-5-14(6-8-15)11-21-18(25)13-20-12-16-3-2-10-24(16)17-4-1-9-22-23-17/h1,4-9,16,20H,2-3,10-13H2,(H,21,25). The average molecular weight is 343 g/mol. The van der Waals surface area contributed by atoms with Crippen molar-refractivity contribution in [2.45, 2.75) is 25.4 Å². The molecular formula is C18H22FN5O. The summed E-state index contributed by atoms with van der Waals surface area (Å²) >= 11 is 0. The third-order valence-corrected chi connectivity index (χ3v) is 4.30. The number of amides is 1. The van der Waals surface area contributed by atoms with Gasteiger partial charge < -0.3 is 15.5 Å². The Hall–Kier alpha value is -2.54. The lowest BCUT2D eigenvalue weighted by Crippen LogP contribution is -2.42. The molecule has 0 spiro atoms. The molecule has 0 radical (unpaired) electrons. The Morgan fingerprint density at radius 3 is 2.88 bits per heavy atom. The van der Waals surface area contributed by atoms with E-state index in [4.69, 9.17) is 0 Å². The van der Waals surface area contributed by atoms with Crippen molar-refractivity contribution in [3.63, 3.8) is 0 Å². The van der Waals surface area contributed by atoms with E-state index < -0.39 is 0 Å². The first-order valence-electron chi connectivity index (χ1n) is 8.48. The molecule has 1 aromatic carbocycles. The zero-order chi connectivity index (χ0) is 17.5. The lowest BCUT2D eigenvalue weighted by Gasteiger charge is -2.25. The second-order valence-electron chi connectivity index (χ2n) is 6.11. The van der Waals surface area contributed by atoms with Crippen LogP contribution >= 0.6 is 0 Å². The van der Waals surface area contributed by atoms with Crippen molar-refractivity contribution in [2.24, 2.45) is 0 Å². The number of hydrogen-bond donors (Lipinski definition) is 2. The van der Waals surface area contributed by atoms with Crippen LogP contribution in [0.4, 0.5) is 10.2 Å². The number of carbonyl (C=O) groups is 1. The molecule has 1 unspecified atom stereocenters. The van der Waals surface area contributed by atoms with Crippen LogP contribution in [0.2, 0.25) is 0 Å². The number of aromatic nitrogens is 2. The molecule has 0 bridgehead atoms. The van der Waals surface area contributed by atoms with Crippen molar-refractivity contribution < 1.29 is 9.18 Å². The predicted molar refractivity (Wildman–Crippen MR) is 93.5 cm³/mol. The highest BCUT2D eigenvalue weighted by Gasteiger charge is 2.25. The summed E-state index contributed by atoms with van der Waals surface area (Å²) < 4.78 is 12.8. The highest BCUT2D eigenvalue weighted by Crippen LogP contribution is 2.22. The first kappa shape index (κ1) is 17.3. The first-order valence-corrected chi connectivity index (χ1v) is 8.48. The third kappa shape index (κ3) is 4.96. The fourth-order valence-corrected chi connectivity index (χ4v) is 3.01. The van der Waals surface area contributed by atoms with E-state index in [1.54, 1.807) is 18.3 Å². The Balaban J connectivity index is 1.40. The van der Waals surface area contributed by atoms with Gasteiger partial charge in [0.2, 0.25) is 5.91 Å². The lowest BCUT2D eigenvalue weighted by atomic mass is 10.2.